The third-order valence-corrected chi connectivity index (χ3v) is 4.22. The molecule has 1 N–H and O–H groups in total. The zero-order chi connectivity index (χ0) is 13.4. The standard InChI is InChI=1S/C16H25N3/c1-11-8-12(2)18-16(15(11)9-17-3)19(14-6-7-14)10-13-4-5-13/h8,13-14,17H,4-7,9-10H2,1-3H3. The molecule has 0 atom stereocenters. The molecular weight excluding hydrogens is 234 g/mol. The summed E-state index contributed by atoms with van der Waals surface area (Å²) in [4.78, 5) is 7.48. The molecule has 0 amide bonds. The second-order valence-electron chi connectivity index (χ2n) is 6.24. The van der Waals surface area contributed by atoms with Gasteiger partial charge in [-0.3, -0.25) is 0 Å². The molecule has 3 heteroatoms. The Kier molecular flexibility index (Phi) is 3.48. The smallest absolute Gasteiger partial charge is 0.133 e. The van der Waals surface area contributed by atoms with Crippen LogP contribution in [0, 0.1) is 19.8 Å². The minimum absolute atomic E-state index is 0.755. The molecule has 0 saturated heterocycles. The topological polar surface area (TPSA) is 28.2 Å². The molecule has 2 fully saturated rings. The second-order valence-corrected chi connectivity index (χ2v) is 6.24. The fourth-order valence-electron chi connectivity index (χ4n) is 2.85. The molecule has 0 spiro atoms. The van der Waals surface area contributed by atoms with Crippen LogP contribution in [0.4, 0.5) is 5.82 Å². The number of aromatic nitrogens is 1. The number of hydrogen-bond donors (Lipinski definition) is 1. The highest BCUT2D eigenvalue weighted by Gasteiger charge is 2.35. The lowest BCUT2D eigenvalue weighted by molar-refractivity contribution is 0.694. The van der Waals surface area contributed by atoms with Crippen LogP contribution in [0.3, 0.4) is 0 Å². The summed E-state index contributed by atoms with van der Waals surface area (Å²) in [6.07, 6.45) is 5.52. The average molecular weight is 259 g/mol. The van der Waals surface area contributed by atoms with Crippen LogP contribution in [-0.2, 0) is 6.54 Å². The summed E-state index contributed by atoms with van der Waals surface area (Å²) in [6.45, 7) is 6.47. The van der Waals surface area contributed by atoms with Crippen molar-refractivity contribution in [3.63, 3.8) is 0 Å². The molecular formula is C16H25N3. The van der Waals surface area contributed by atoms with Crippen molar-refractivity contribution in [1.29, 1.82) is 0 Å². The Morgan fingerprint density at radius 2 is 2.00 bits per heavy atom. The summed E-state index contributed by atoms with van der Waals surface area (Å²) in [5.41, 5.74) is 3.91. The number of pyridine rings is 1. The first-order valence-electron chi connectivity index (χ1n) is 7.57. The lowest BCUT2D eigenvalue weighted by Crippen LogP contribution is -2.31. The Bertz CT molecular complexity index is 461. The predicted molar refractivity (Wildman–Crippen MR) is 79.6 cm³/mol. The number of nitrogens with zero attached hydrogens (tertiary/aromatic N) is 2. The predicted octanol–water partition coefficient (Wildman–Crippen LogP) is 2.80. The van der Waals surface area contributed by atoms with Crippen molar-refractivity contribution < 1.29 is 0 Å². The highest BCUT2D eigenvalue weighted by molar-refractivity contribution is 5.53. The van der Waals surface area contributed by atoms with Crippen LogP contribution < -0.4 is 10.2 Å². The minimum atomic E-state index is 0.755. The van der Waals surface area contributed by atoms with E-state index in [1.165, 1.54) is 49.2 Å². The largest absolute Gasteiger partial charge is 0.353 e. The van der Waals surface area contributed by atoms with E-state index in [2.05, 4.69) is 30.1 Å². The van der Waals surface area contributed by atoms with Gasteiger partial charge in [0.15, 0.2) is 0 Å². The first kappa shape index (κ1) is 12.9. The molecule has 0 aliphatic heterocycles. The summed E-state index contributed by atoms with van der Waals surface area (Å²) in [6, 6.07) is 2.96. The van der Waals surface area contributed by atoms with Crippen LogP contribution in [0.25, 0.3) is 0 Å². The zero-order valence-corrected chi connectivity index (χ0v) is 12.4. The molecule has 1 aromatic rings. The minimum Gasteiger partial charge on any atom is -0.353 e. The molecule has 2 aliphatic rings. The van der Waals surface area contributed by atoms with Gasteiger partial charge in [0.1, 0.15) is 5.82 Å². The van der Waals surface area contributed by atoms with E-state index in [0.717, 1.165) is 24.2 Å². The summed E-state index contributed by atoms with van der Waals surface area (Å²) < 4.78 is 0. The highest BCUT2D eigenvalue weighted by Crippen LogP contribution is 2.38. The molecule has 3 nitrogen and oxygen atoms in total. The van der Waals surface area contributed by atoms with Crippen molar-refractivity contribution in [2.24, 2.45) is 5.92 Å². The first-order valence-corrected chi connectivity index (χ1v) is 7.57. The Morgan fingerprint density at radius 3 is 2.58 bits per heavy atom. The lowest BCUT2D eigenvalue weighted by Gasteiger charge is -2.27. The number of anilines is 1. The second kappa shape index (κ2) is 5.12. The monoisotopic (exact) mass is 259 g/mol. The molecule has 0 bridgehead atoms. The van der Waals surface area contributed by atoms with Crippen molar-refractivity contribution in [2.75, 3.05) is 18.5 Å². The van der Waals surface area contributed by atoms with Crippen LogP contribution >= 0.6 is 0 Å². The lowest BCUT2D eigenvalue weighted by atomic mass is 10.1. The van der Waals surface area contributed by atoms with Gasteiger partial charge in [-0.2, -0.15) is 0 Å². The Hall–Kier alpha value is -1.09. The first-order chi connectivity index (χ1) is 9.19. The van der Waals surface area contributed by atoms with Gasteiger partial charge in [0.25, 0.3) is 0 Å². The third-order valence-electron chi connectivity index (χ3n) is 4.22. The molecule has 2 saturated carbocycles. The molecule has 104 valence electrons. The van der Waals surface area contributed by atoms with Crippen LogP contribution in [0.2, 0.25) is 0 Å². The fraction of sp³-hybridized carbons (Fsp3) is 0.688. The number of rotatable bonds is 6. The molecule has 19 heavy (non-hydrogen) atoms. The quantitative estimate of drug-likeness (QED) is 0.851. The molecule has 3 rings (SSSR count). The SMILES string of the molecule is CNCc1c(C)cc(C)nc1N(CC1CC1)C1CC1. The molecule has 1 heterocycles. The van der Waals surface area contributed by atoms with E-state index < -0.39 is 0 Å². The Morgan fingerprint density at radius 1 is 1.26 bits per heavy atom. The number of aryl methyl sites for hydroxylation is 2. The van der Waals surface area contributed by atoms with E-state index in [-0.39, 0.29) is 0 Å². The number of hydrogen-bond acceptors (Lipinski definition) is 3. The van der Waals surface area contributed by atoms with Crippen molar-refractivity contribution in [3.05, 3.63) is 22.9 Å². The van der Waals surface area contributed by atoms with Crippen molar-refractivity contribution in [3.8, 4) is 0 Å². The van der Waals surface area contributed by atoms with E-state index in [9.17, 15) is 0 Å². The highest BCUT2D eigenvalue weighted by atomic mass is 15.2. The van der Waals surface area contributed by atoms with Crippen molar-refractivity contribution in [1.82, 2.24) is 10.3 Å². The van der Waals surface area contributed by atoms with Crippen molar-refractivity contribution >= 4 is 5.82 Å². The summed E-state index contributed by atoms with van der Waals surface area (Å²) in [5, 5.41) is 3.30. The van der Waals surface area contributed by atoms with Gasteiger partial charge >= 0.3 is 0 Å². The average Bonchev–Trinajstić information content (AvgIpc) is 3.23. The van der Waals surface area contributed by atoms with Gasteiger partial charge in [-0.05, 0) is 64.1 Å². The summed E-state index contributed by atoms with van der Waals surface area (Å²) in [5.74, 6) is 2.17. The molecule has 2 aliphatic carbocycles. The van der Waals surface area contributed by atoms with Gasteiger partial charge < -0.3 is 10.2 Å². The van der Waals surface area contributed by atoms with Crippen LogP contribution in [0.5, 0.6) is 0 Å². The van der Waals surface area contributed by atoms with Crippen molar-refractivity contribution in [2.45, 2.75) is 52.1 Å². The molecule has 0 radical (unpaired) electrons. The van der Waals surface area contributed by atoms with E-state index in [0.29, 0.717) is 0 Å². The third kappa shape index (κ3) is 2.92. The van der Waals surface area contributed by atoms with Crippen LogP contribution in [-0.4, -0.2) is 24.6 Å². The van der Waals surface area contributed by atoms with E-state index in [1.54, 1.807) is 0 Å². The van der Waals surface area contributed by atoms with Gasteiger partial charge in [-0.25, -0.2) is 4.98 Å². The van der Waals surface area contributed by atoms with Gasteiger partial charge in [-0.1, -0.05) is 0 Å². The maximum Gasteiger partial charge on any atom is 0.133 e. The van der Waals surface area contributed by atoms with E-state index >= 15 is 0 Å². The van der Waals surface area contributed by atoms with Crippen LogP contribution in [0.15, 0.2) is 6.07 Å². The van der Waals surface area contributed by atoms with Crippen LogP contribution in [0.1, 0.15) is 42.5 Å². The van der Waals surface area contributed by atoms with Gasteiger partial charge in [0.05, 0.1) is 0 Å². The molecule has 0 aromatic carbocycles. The summed E-state index contributed by atoms with van der Waals surface area (Å²) >= 11 is 0. The van der Waals surface area contributed by atoms with E-state index in [1.807, 2.05) is 7.05 Å². The van der Waals surface area contributed by atoms with Gasteiger partial charge in [0.2, 0.25) is 0 Å². The number of nitrogens with one attached hydrogen (secondary N) is 1. The maximum atomic E-state index is 4.88. The molecule has 0 unspecified atom stereocenters. The zero-order valence-electron chi connectivity index (χ0n) is 12.4. The summed E-state index contributed by atoms with van der Waals surface area (Å²) in [7, 11) is 2.02. The normalized spacial score (nSPS) is 18.7. The van der Waals surface area contributed by atoms with Gasteiger partial charge in [0, 0.05) is 30.4 Å². The molecule has 1 aromatic heterocycles. The van der Waals surface area contributed by atoms with Gasteiger partial charge in [-0.15, -0.1) is 0 Å². The Labute approximate surface area is 116 Å². The fourth-order valence-corrected chi connectivity index (χ4v) is 2.85. The van der Waals surface area contributed by atoms with E-state index in [4.69, 9.17) is 4.98 Å². The Balaban J connectivity index is 1.94. The maximum absolute atomic E-state index is 4.88.